The average Bonchev–Trinajstić information content (AvgIpc) is 2.94. The number of hydrogen-bond donors (Lipinski definition) is 2. The molecule has 0 unspecified atom stereocenters. The molecule has 1 aliphatic heterocycles. The molecule has 3 heterocycles. The largest absolute Gasteiger partial charge is 0.493 e. The van der Waals surface area contributed by atoms with Gasteiger partial charge in [-0.25, -0.2) is 0 Å². The Morgan fingerprint density at radius 1 is 1.02 bits per heavy atom. The Kier molecular flexibility index (Phi) is 8.04. The van der Waals surface area contributed by atoms with Crippen LogP contribution in [0.4, 0.5) is 0 Å². The first-order chi connectivity index (χ1) is 19.6. The highest BCUT2D eigenvalue weighted by molar-refractivity contribution is 6.07. The van der Waals surface area contributed by atoms with E-state index in [1.165, 1.54) is 11.1 Å². The zero-order valence-corrected chi connectivity index (χ0v) is 24.1. The van der Waals surface area contributed by atoms with Crippen molar-refractivity contribution in [3.05, 3.63) is 101 Å². The summed E-state index contributed by atoms with van der Waals surface area (Å²) in [4.78, 5) is 21.1. The minimum absolute atomic E-state index is 0.0512. The number of aliphatic hydroxyl groups is 1. The standard InChI is InChI=1S/C24H20N2O3.C11H16O/c1-13-11-19-16(4-3-14(2)26-19)23(18(13)12-21(27)28)17-5-6-20-22-15(8-10-29-20)7-9-25-24(17)22;1-11(2,12)9-8-10-6-4-3-5-7-10/h3-7,9,11H,8,10,12H2,1-2H3,(H,27,28);3-7,12H,8-9H2,1-2H3. The lowest BCUT2D eigenvalue weighted by Crippen LogP contribution is -2.19. The van der Waals surface area contributed by atoms with Crippen LogP contribution in [0.2, 0.25) is 0 Å². The van der Waals surface area contributed by atoms with Crippen LogP contribution in [0, 0.1) is 13.8 Å². The number of benzene rings is 3. The molecule has 0 atom stereocenters. The molecular formula is C35H36N2O4. The van der Waals surface area contributed by atoms with E-state index in [1.54, 1.807) is 0 Å². The predicted octanol–water partition coefficient (Wildman–Crippen LogP) is 7.02. The third kappa shape index (κ3) is 6.39. The minimum atomic E-state index is -0.854. The molecule has 0 spiro atoms. The van der Waals surface area contributed by atoms with Gasteiger partial charge in [-0.2, -0.15) is 0 Å². The van der Waals surface area contributed by atoms with Crippen molar-refractivity contribution in [3.63, 3.8) is 0 Å². The predicted molar refractivity (Wildman–Crippen MR) is 164 cm³/mol. The van der Waals surface area contributed by atoms with Crippen molar-refractivity contribution in [2.45, 2.75) is 59.0 Å². The lowest BCUT2D eigenvalue weighted by Gasteiger charge is -2.21. The van der Waals surface area contributed by atoms with E-state index < -0.39 is 11.6 Å². The van der Waals surface area contributed by atoms with Gasteiger partial charge in [0.05, 0.1) is 29.7 Å². The Labute approximate surface area is 240 Å². The van der Waals surface area contributed by atoms with Gasteiger partial charge in [0, 0.05) is 34.6 Å². The van der Waals surface area contributed by atoms with Crippen LogP contribution < -0.4 is 4.74 Å². The first-order valence-corrected chi connectivity index (χ1v) is 14.0. The number of carbonyl (C=O) groups is 1. The van der Waals surface area contributed by atoms with Gasteiger partial charge in [0.2, 0.25) is 0 Å². The third-order valence-electron chi connectivity index (χ3n) is 7.50. The summed E-state index contributed by atoms with van der Waals surface area (Å²) >= 11 is 0. The van der Waals surface area contributed by atoms with Crippen LogP contribution in [-0.4, -0.2) is 38.4 Å². The van der Waals surface area contributed by atoms with Crippen LogP contribution in [0.5, 0.6) is 5.75 Å². The number of fused-ring (bicyclic) bond motifs is 1. The summed E-state index contributed by atoms with van der Waals surface area (Å²) in [5, 5.41) is 21.0. The van der Waals surface area contributed by atoms with Crippen molar-refractivity contribution >= 4 is 27.8 Å². The van der Waals surface area contributed by atoms with Gasteiger partial charge in [0.15, 0.2) is 0 Å². The molecule has 0 bridgehead atoms. The molecule has 210 valence electrons. The number of carboxylic acid groups (broad SMARTS) is 1. The highest BCUT2D eigenvalue weighted by atomic mass is 16.5. The quantitative estimate of drug-likeness (QED) is 0.237. The van der Waals surface area contributed by atoms with Gasteiger partial charge in [-0.1, -0.05) is 36.4 Å². The summed E-state index contributed by atoms with van der Waals surface area (Å²) in [6.07, 6.45) is 4.38. The van der Waals surface area contributed by atoms with Crippen molar-refractivity contribution in [3.8, 4) is 16.9 Å². The number of ether oxygens (including phenoxy) is 1. The summed E-state index contributed by atoms with van der Waals surface area (Å²) in [5.74, 6) is -0.0170. The minimum Gasteiger partial charge on any atom is -0.493 e. The van der Waals surface area contributed by atoms with Crippen LogP contribution in [0.25, 0.3) is 32.9 Å². The van der Waals surface area contributed by atoms with Crippen molar-refractivity contribution < 1.29 is 19.7 Å². The van der Waals surface area contributed by atoms with E-state index in [9.17, 15) is 15.0 Å². The van der Waals surface area contributed by atoms with Gasteiger partial charge >= 0.3 is 5.97 Å². The van der Waals surface area contributed by atoms with Gasteiger partial charge in [-0.3, -0.25) is 14.8 Å². The van der Waals surface area contributed by atoms with Gasteiger partial charge in [-0.05, 0) is 98.7 Å². The molecule has 0 fully saturated rings. The number of carboxylic acids is 1. The number of aryl methyl sites for hydroxylation is 3. The number of nitrogens with zero attached hydrogens (tertiary/aromatic N) is 2. The number of rotatable bonds is 6. The molecule has 2 N–H and O–H groups in total. The van der Waals surface area contributed by atoms with E-state index in [0.717, 1.165) is 74.8 Å². The van der Waals surface area contributed by atoms with Crippen LogP contribution >= 0.6 is 0 Å². The molecule has 6 nitrogen and oxygen atoms in total. The molecule has 0 radical (unpaired) electrons. The second kappa shape index (κ2) is 11.7. The summed E-state index contributed by atoms with van der Waals surface area (Å²) in [6.45, 7) is 8.26. The fourth-order valence-corrected chi connectivity index (χ4v) is 5.44. The van der Waals surface area contributed by atoms with E-state index >= 15 is 0 Å². The lowest BCUT2D eigenvalue weighted by molar-refractivity contribution is -0.136. The Hall–Kier alpha value is -4.29. The smallest absolute Gasteiger partial charge is 0.307 e. The van der Waals surface area contributed by atoms with Crippen molar-refractivity contribution in [1.29, 1.82) is 0 Å². The molecule has 0 saturated carbocycles. The molecule has 2 aromatic heterocycles. The van der Waals surface area contributed by atoms with Gasteiger partial charge in [-0.15, -0.1) is 0 Å². The maximum absolute atomic E-state index is 11.7. The molecule has 1 aliphatic rings. The Morgan fingerprint density at radius 2 is 1.80 bits per heavy atom. The van der Waals surface area contributed by atoms with Crippen molar-refractivity contribution in [1.82, 2.24) is 9.97 Å². The third-order valence-corrected chi connectivity index (χ3v) is 7.50. The first kappa shape index (κ1) is 28.2. The Bertz CT molecular complexity index is 1710. The second-order valence-electron chi connectivity index (χ2n) is 11.3. The maximum Gasteiger partial charge on any atom is 0.307 e. The number of aliphatic carboxylic acids is 1. The molecule has 6 rings (SSSR count). The summed E-state index contributed by atoms with van der Waals surface area (Å²) < 4.78 is 5.86. The summed E-state index contributed by atoms with van der Waals surface area (Å²) in [6, 6.07) is 22.2. The van der Waals surface area contributed by atoms with Gasteiger partial charge in [0.25, 0.3) is 0 Å². The number of aromatic nitrogens is 2. The molecule has 5 aromatic rings. The fourth-order valence-electron chi connectivity index (χ4n) is 5.44. The molecule has 41 heavy (non-hydrogen) atoms. The van der Waals surface area contributed by atoms with Crippen molar-refractivity contribution in [2.24, 2.45) is 0 Å². The first-order valence-electron chi connectivity index (χ1n) is 14.0. The van der Waals surface area contributed by atoms with Gasteiger partial charge < -0.3 is 14.9 Å². The zero-order chi connectivity index (χ0) is 29.1. The van der Waals surface area contributed by atoms with Crippen LogP contribution in [0.1, 0.15) is 48.2 Å². The second-order valence-corrected chi connectivity index (χ2v) is 11.3. The molecule has 6 heteroatoms. The highest BCUT2D eigenvalue weighted by Crippen LogP contribution is 2.42. The average molecular weight is 549 g/mol. The van der Waals surface area contributed by atoms with Crippen LogP contribution in [0.15, 0.2) is 72.9 Å². The SMILES string of the molecule is CC(C)(O)CCc1ccccc1.Cc1ccc2c(-c3ccc4c5c(ccnc35)CCO4)c(CC(=O)O)c(C)cc2n1. The fraction of sp³-hybridized carbons (Fsp3) is 0.286. The number of pyridine rings is 2. The monoisotopic (exact) mass is 548 g/mol. The maximum atomic E-state index is 11.7. The molecule has 3 aromatic carbocycles. The normalized spacial score (nSPS) is 12.5. The molecule has 0 aliphatic carbocycles. The molecular weight excluding hydrogens is 512 g/mol. The van der Waals surface area contributed by atoms with Crippen LogP contribution in [-0.2, 0) is 24.1 Å². The molecule has 0 saturated heterocycles. The number of hydrogen-bond acceptors (Lipinski definition) is 5. The lowest BCUT2D eigenvalue weighted by atomic mass is 9.88. The molecule has 0 amide bonds. The highest BCUT2D eigenvalue weighted by Gasteiger charge is 2.22. The van der Waals surface area contributed by atoms with Crippen LogP contribution in [0.3, 0.4) is 0 Å². The van der Waals surface area contributed by atoms with E-state index in [0.29, 0.717) is 6.61 Å². The van der Waals surface area contributed by atoms with Crippen molar-refractivity contribution in [2.75, 3.05) is 6.61 Å². The zero-order valence-electron chi connectivity index (χ0n) is 24.1. The van der Waals surface area contributed by atoms with E-state index in [-0.39, 0.29) is 6.42 Å². The summed E-state index contributed by atoms with van der Waals surface area (Å²) in [5.41, 5.74) is 8.14. The Balaban J connectivity index is 0.000000237. The Morgan fingerprint density at radius 3 is 2.54 bits per heavy atom. The summed E-state index contributed by atoms with van der Waals surface area (Å²) in [7, 11) is 0. The van der Waals surface area contributed by atoms with Gasteiger partial charge in [0.1, 0.15) is 5.75 Å². The topological polar surface area (TPSA) is 92.5 Å². The van der Waals surface area contributed by atoms with E-state index in [4.69, 9.17) is 9.72 Å². The van der Waals surface area contributed by atoms with E-state index in [1.807, 2.05) is 88.5 Å². The van der Waals surface area contributed by atoms with E-state index in [2.05, 4.69) is 17.1 Å².